The van der Waals surface area contributed by atoms with E-state index in [4.69, 9.17) is 14.0 Å². The lowest BCUT2D eigenvalue weighted by Crippen LogP contribution is -2.27. The van der Waals surface area contributed by atoms with Gasteiger partial charge in [-0.1, -0.05) is 5.16 Å². The second-order valence-electron chi connectivity index (χ2n) is 7.12. The van der Waals surface area contributed by atoms with Crippen molar-refractivity contribution in [3.05, 3.63) is 65.9 Å². The molecule has 2 aromatic carbocycles. The summed E-state index contributed by atoms with van der Waals surface area (Å²) in [5, 5.41) is 3.99. The zero-order chi connectivity index (χ0) is 21.8. The Morgan fingerprint density at radius 1 is 1.06 bits per heavy atom. The predicted octanol–water partition coefficient (Wildman–Crippen LogP) is 3.49. The van der Waals surface area contributed by atoms with Crippen molar-refractivity contribution in [1.82, 2.24) is 9.46 Å². The van der Waals surface area contributed by atoms with Crippen molar-refractivity contribution in [2.75, 3.05) is 20.2 Å². The SMILES string of the molecule is COc1ccc(-c2cc(COC(=O)c3ccc(S(=O)(=O)N4CCCC4)cc3)on2)cc1. The number of hydrogen-bond donors (Lipinski definition) is 0. The maximum absolute atomic E-state index is 12.6. The standard InChI is InChI=1S/C22H22N2O6S/c1-28-18-8-4-16(5-9-18)21-14-19(30-23-21)15-29-22(25)17-6-10-20(11-7-17)31(26,27)24-12-2-3-13-24/h4-11,14H,2-3,12-13,15H2,1H3. The highest BCUT2D eigenvalue weighted by Gasteiger charge is 2.27. The number of rotatable bonds is 7. The third-order valence-electron chi connectivity index (χ3n) is 5.08. The van der Waals surface area contributed by atoms with Gasteiger partial charge in [-0.05, 0) is 61.4 Å². The first-order valence-corrected chi connectivity index (χ1v) is 11.3. The van der Waals surface area contributed by atoms with Gasteiger partial charge in [0.05, 0.1) is 17.6 Å². The minimum absolute atomic E-state index is 0.0875. The Morgan fingerprint density at radius 3 is 2.39 bits per heavy atom. The monoisotopic (exact) mass is 442 g/mol. The molecule has 1 aromatic heterocycles. The van der Waals surface area contributed by atoms with Crippen LogP contribution in [0, 0.1) is 0 Å². The van der Waals surface area contributed by atoms with Gasteiger partial charge in [0.25, 0.3) is 0 Å². The largest absolute Gasteiger partial charge is 0.497 e. The second kappa shape index (κ2) is 8.91. The maximum atomic E-state index is 12.6. The van der Waals surface area contributed by atoms with Gasteiger partial charge in [0.2, 0.25) is 10.0 Å². The van der Waals surface area contributed by atoms with Crippen LogP contribution in [0.25, 0.3) is 11.3 Å². The van der Waals surface area contributed by atoms with E-state index in [-0.39, 0.29) is 17.1 Å². The molecule has 1 saturated heterocycles. The van der Waals surface area contributed by atoms with E-state index >= 15 is 0 Å². The number of methoxy groups -OCH3 is 1. The van der Waals surface area contributed by atoms with Crippen molar-refractivity contribution in [2.45, 2.75) is 24.3 Å². The van der Waals surface area contributed by atoms with Crippen LogP contribution < -0.4 is 4.74 Å². The Balaban J connectivity index is 1.37. The smallest absolute Gasteiger partial charge is 0.338 e. The highest BCUT2D eigenvalue weighted by Crippen LogP contribution is 2.23. The third kappa shape index (κ3) is 4.62. The fourth-order valence-electron chi connectivity index (χ4n) is 3.34. The number of hydrogen-bond acceptors (Lipinski definition) is 7. The number of sulfonamides is 1. The van der Waals surface area contributed by atoms with E-state index in [1.165, 1.54) is 28.6 Å². The molecule has 8 nitrogen and oxygen atoms in total. The normalized spacial score (nSPS) is 14.5. The number of carbonyl (C=O) groups is 1. The van der Waals surface area contributed by atoms with Crippen molar-refractivity contribution in [3.63, 3.8) is 0 Å². The Kier molecular flexibility index (Phi) is 6.06. The molecule has 31 heavy (non-hydrogen) atoms. The molecule has 0 saturated carbocycles. The van der Waals surface area contributed by atoms with E-state index in [1.54, 1.807) is 13.2 Å². The van der Waals surface area contributed by atoms with Crippen molar-refractivity contribution < 1.29 is 27.2 Å². The lowest BCUT2D eigenvalue weighted by molar-refractivity contribution is 0.0437. The summed E-state index contributed by atoms with van der Waals surface area (Å²) in [6.45, 7) is 0.972. The summed E-state index contributed by atoms with van der Waals surface area (Å²) >= 11 is 0. The number of esters is 1. The van der Waals surface area contributed by atoms with Gasteiger partial charge in [-0.2, -0.15) is 4.31 Å². The van der Waals surface area contributed by atoms with Crippen LogP contribution in [0.3, 0.4) is 0 Å². The van der Waals surface area contributed by atoms with E-state index in [0.29, 0.717) is 24.5 Å². The second-order valence-corrected chi connectivity index (χ2v) is 9.06. The van der Waals surface area contributed by atoms with Gasteiger partial charge in [-0.25, -0.2) is 13.2 Å². The number of ether oxygens (including phenoxy) is 2. The minimum atomic E-state index is -3.51. The van der Waals surface area contributed by atoms with Gasteiger partial charge >= 0.3 is 5.97 Å². The summed E-state index contributed by atoms with van der Waals surface area (Å²) in [5.74, 6) is 0.556. The lowest BCUT2D eigenvalue weighted by atomic mass is 10.1. The van der Waals surface area contributed by atoms with Crippen molar-refractivity contribution in [3.8, 4) is 17.0 Å². The van der Waals surface area contributed by atoms with Gasteiger partial charge in [-0.3, -0.25) is 0 Å². The van der Waals surface area contributed by atoms with E-state index in [0.717, 1.165) is 24.2 Å². The zero-order valence-electron chi connectivity index (χ0n) is 17.0. The lowest BCUT2D eigenvalue weighted by Gasteiger charge is -2.15. The molecule has 0 bridgehead atoms. The minimum Gasteiger partial charge on any atom is -0.497 e. The van der Waals surface area contributed by atoms with Crippen LogP contribution in [0.1, 0.15) is 29.0 Å². The molecular weight excluding hydrogens is 420 g/mol. The number of aromatic nitrogens is 1. The Bertz CT molecular complexity index is 1150. The highest BCUT2D eigenvalue weighted by atomic mass is 32.2. The van der Waals surface area contributed by atoms with Gasteiger partial charge in [-0.15, -0.1) is 0 Å². The Hall–Kier alpha value is -3.17. The summed E-state index contributed by atoms with van der Waals surface area (Å²) in [6.07, 6.45) is 1.73. The van der Waals surface area contributed by atoms with Gasteiger partial charge in [0.15, 0.2) is 12.4 Å². The summed E-state index contributed by atoms with van der Waals surface area (Å²) in [6, 6.07) is 14.8. The first-order chi connectivity index (χ1) is 15.0. The molecule has 0 radical (unpaired) electrons. The average molecular weight is 442 g/mol. The molecule has 0 unspecified atom stereocenters. The molecule has 0 N–H and O–H groups in total. The van der Waals surface area contributed by atoms with Crippen molar-refractivity contribution >= 4 is 16.0 Å². The quantitative estimate of drug-likeness (QED) is 0.517. The van der Waals surface area contributed by atoms with E-state index in [2.05, 4.69) is 5.16 Å². The molecule has 1 aliphatic heterocycles. The molecule has 3 aromatic rings. The summed E-state index contributed by atoms with van der Waals surface area (Å²) in [5.41, 5.74) is 1.72. The first-order valence-electron chi connectivity index (χ1n) is 9.85. The number of nitrogens with zero attached hydrogens (tertiary/aromatic N) is 2. The van der Waals surface area contributed by atoms with Crippen LogP contribution in [0.5, 0.6) is 5.75 Å². The maximum Gasteiger partial charge on any atom is 0.338 e. The molecule has 162 valence electrons. The number of benzene rings is 2. The fraction of sp³-hybridized carbons (Fsp3) is 0.273. The molecule has 2 heterocycles. The van der Waals surface area contributed by atoms with E-state index in [9.17, 15) is 13.2 Å². The average Bonchev–Trinajstić information content (AvgIpc) is 3.50. The zero-order valence-corrected chi connectivity index (χ0v) is 17.8. The highest BCUT2D eigenvalue weighted by molar-refractivity contribution is 7.89. The Morgan fingerprint density at radius 2 is 1.74 bits per heavy atom. The van der Waals surface area contributed by atoms with E-state index < -0.39 is 16.0 Å². The van der Waals surface area contributed by atoms with Gasteiger partial charge in [0, 0.05) is 24.7 Å². The van der Waals surface area contributed by atoms with Crippen LogP contribution in [0.15, 0.2) is 64.0 Å². The summed E-state index contributed by atoms with van der Waals surface area (Å²) in [7, 11) is -1.92. The molecule has 0 atom stereocenters. The summed E-state index contributed by atoms with van der Waals surface area (Å²) < 4.78 is 42.2. The molecular formula is C22H22N2O6S. The van der Waals surface area contributed by atoms with Crippen LogP contribution in [0.4, 0.5) is 0 Å². The molecule has 0 aliphatic carbocycles. The van der Waals surface area contributed by atoms with Crippen LogP contribution in [-0.2, 0) is 21.4 Å². The van der Waals surface area contributed by atoms with Gasteiger partial charge in [0.1, 0.15) is 11.4 Å². The fourth-order valence-corrected chi connectivity index (χ4v) is 4.86. The third-order valence-corrected chi connectivity index (χ3v) is 7.00. The molecule has 9 heteroatoms. The van der Waals surface area contributed by atoms with Gasteiger partial charge < -0.3 is 14.0 Å². The molecule has 1 aliphatic rings. The van der Waals surface area contributed by atoms with E-state index in [1.807, 2.05) is 24.3 Å². The molecule has 0 amide bonds. The molecule has 0 spiro atoms. The van der Waals surface area contributed by atoms with Crippen molar-refractivity contribution in [1.29, 1.82) is 0 Å². The van der Waals surface area contributed by atoms with Crippen LogP contribution in [-0.4, -0.2) is 44.0 Å². The molecule has 4 rings (SSSR count). The van der Waals surface area contributed by atoms with Crippen molar-refractivity contribution in [2.24, 2.45) is 0 Å². The summed E-state index contributed by atoms with van der Waals surface area (Å²) in [4.78, 5) is 12.5. The predicted molar refractivity (Wildman–Crippen MR) is 112 cm³/mol. The van der Waals surface area contributed by atoms with Crippen LogP contribution >= 0.6 is 0 Å². The first kappa shape index (κ1) is 21.1. The topological polar surface area (TPSA) is 98.9 Å². The van der Waals surface area contributed by atoms with Crippen LogP contribution in [0.2, 0.25) is 0 Å². The number of carbonyl (C=O) groups excluding carboxylic acids is 1. The molecule has 1 fully saturated rings. The Labute approximate surface area is 180 Å².